The van der Waals surface area contributed by atoms with Gasteiger partial charge in [-0.15, -0.1) is 0 Å². The number of nitrogens with one attached hydrogen (secondary N) is 2. The molecule has 2 N–H and O–H groups in total. The maximum absolute atomic E-state index is 13.6. The fraction of sp³-hybridized carbons (Fsp3) is 0.344. The van der Waals surface area contributed by atoms with Crippen molar-refractivity contribution < 1.29 is 19.1 Å². The van der Waals surface area contributed by atoms with Gasteiger partial charge in [0.15, 0.2) is 0 Å². The van der Waals surface area contributed by atoms with Crippen molar-refractivity contribution in [3.05, 3.63) is 96.1 Å². The number of nitrogens with zero attached hydrogens (tertiary/aromatic N) is 1. The van der Waals surface area contributed by atoms with E-state index in [2.05, 4.69) is 10.6 Å². The van der Waals surface area contributed by atoms with E-state index < -0.39 is 11.5 Å². The van der Waals surface area contributed by atoms with Gasteiger partial charge in [-0.05, 0) is 48.7 Å². The van der Waals surface area contributed by atoms with Gasteiger partial charge in [-0.2, -0.15) is 0 Å². The van der Waals surface area contributed by atoms with E-state index in [1.165, 1.54) is 4.90 Å². The van der Waals surface area contributed by atoms with Gasteiger partial charge in [0.05, 0.1) is 12.5 Å². The molecule has 2 atom stereocenters. The molecule has 39 heavy (non-hydrogen) atoms. The number of benzene rings is 3. The van der Waals surface area contributed by atoms with Crippen LogP contribution in [0.1, 0.15) is 38.3 Å². The molecule has 2 unspecified atom stereocenters. The number of methoxy groups -OCH3 is 1. The summed E-state index contributed by atoms with van der Waals surface area (Å²) in [6.07, 6.45) is 0.967. The number of rotatable bonds is 12. The summed E-state index contributed by atoms with van der Waals surface area (Å²) in [6, 6.07) is 25.7. The van der Waals surface area contributed by atoms with E-state index in [-0.39, 0.29) is 30.2 Å². The number of carbonyl (C=O) groups excluding carboxylic acids is 3. The van der Waals surface area contributed by atoms with E-state index in [9.17, 15) is 14.4 Å². The van der Waals surface area contributed by atoms with E-state index in [1.54, 1.807) is 52.3 Å². The Kier molecular flexibility index (Phi) is 10.3. The third kappa shape index (κ3) is 8.70. The Morgan fingerprint density at radius 2 is 1.36 bits per heavy atom. The second-order valence-electron chi connectivity index (χ2n) is 10.5. The number of amides is 3. The second-order valence-corrected chi connectivity index (χ2v) is 10.5. The largest absolute Gasteiger partial charge is 0.497 e. The molecule has 0 heterocycles. The molecule has 0 saturated carbocycles. The number of carbonyl (C=O) groups is 3. The average molecular weight is 530 g/mol. The Balaban J connectivity index is 1.68. The Hall–Kier alpha value is -4.13. The Morgan fingerprint density at radius 1 is 0.821 bits per heavy atom. The molecule has 0 aliphatic heterocycles. The molecular weight excluding hydrogens is 490 g/mol. The van der Waals surface area contributed by atoms with Gasteiger partial charge in [-0.3, -0.25) is 14.4 Å². The maximum Gasteiger partial charge on any atom is 0.249 e. The van der Waals surface area contributed by atoms with Crippen LogP contribution in [-0.4, -0.2) is 44.0 Å². The molecule has 0 bridgehead atoms. The first-order valence-electron chi connectivity index (χ1n) is 13.2. The minimum Gasteiger partial charge on any atom is -0.497 e. The summed E-state index contributed by atoms with van der Waals surface area (Å²) in [7, 11) is 3.26. The van der Waals surface area contributed by atoms with Gasteiger partial charge in [0, 0.05) is 31.6 Å². The van der Waals surface area contributed by atoms with Gasteiger partial charge in [-0.25, -0.2) is 0 Å². The van der Waals surface area contributed by atoms with E-state index in [0.717, 1.165) is 11.1 Å². The van der Waals surface area contributed by atoms with Crippen LogP contribution in [0.15, 0.2) is 84.9 Å². The van der Waals surface area contributed by atoms with Gasteiger partial charge in [-0.1, -0.05) is 74.5 Å². The molecule has 3 aromatic rings. The molecule has 7 heteroatoms. The Bertz CT molecular complexity index is 1230. The maximum atomic E-state index is 13.6. The first-order valence-corrected chi connectivity index (χ1v) is 13.2. The summed E-state index contributed by atoms with van der Waals surface area (Å²) >= 11 is 0. The van der Waals surface area contributed by atoms with Gasteiger partial charge >= 0.3 is 0 Å². The highest BCUT2D eigenvalue weighted by molar-refractivity contribution is 5.99. The van der Waals surface area contributed by atoms with Crippen molar-refractivity contribution in [1.82, 2.24) is 10.6 Å². The fourth-order valence-electron chi connectivity index (χ4n) is 4.38. The monoisotopic (exact) mass is 529 g/mol. The summed E-state index contributed by atoms with van der Waals surface area (Å²) in [5, 5.41) is 5.94. The van der Waals surface area contributed by atoms with Crippen molar-refractivity contribution >= 4 is 23.4 Å². The van der Waals surface area contributed by atoms with Crippen molar-refractivity contribution in [2.75, 3.05) is 19.1 Å². The lowest BCUT2D eigenvalue weighted by molar-refractivity contribution is -0.136. The molecule has 206 valence electrons. The highest BCUT2D eigenvalue weighted by Gasteiger charge is 2.33. The molecule has 0 aromatic heterocycles. The average Bonchev–Trinajstić information content (AvgIpc) is 2.92. The standard InChI is InChI=1S/C32H39N3O4/c1-23(20-24-12-8-6-9-13-24)33-31(38)32(2,3)22-29(36)34-28(21-25-14-10-7-11-15-25)30(37)35(4)26-16-18-27(39-5)19-17-26/h6-19,23,28H,20-22H2,1-5H3,(H,33,38)(H,34,36). The molecule has 7 nitrogen and oxygen atoms in total. The van der Waals surface area contributed by atoms with Crippen molar-refractivity contribution in [1.29, 1.82) is 0 Å². The van der Waals surface area contributed by atoms with Crippen LogP contribution in [0.2, 0.25) is 0 Å². The zero-order chi connectivity index (χ0) is 28.4. The zero-order valence-electron chi connectivity index (χ0n) is 23.4. The zero-order valence-corrected chi connectivity index (χ0v) is 23.4. The van der Waals surface area contributed by atoms with Gasteiger partial charge < -0.3 is 20.3 Å². The lowest BCUT2D eigenvalue weighted by Crippen LogP contribution is -2.51. The second kappa shape index (κ2) is 13.6. The summed E-state index contributed by atoms with van der Waals surface area (Å²) in [6.45, 7) is 5.44. The van der Waals surface area contributed by atoms with E-state index in [4.69, 9.17) is 4.74 Å². The topological polar surface area (TPSA) is 87.7 Å². The third-order valence-electron chi connectivity index (χ3n) is 6.69. The van der Waals surface area contributed by atoms with E-state index in [1.807, 2.05) is 67.6 Å². The molecule has 0 aliphatic rings. The number of hydrogen-bond donors (Lipinski definition) is 2. The first-order chi connectivity index (χ1) is 18.6. The normalized spacial score (nSPS) is 12.6. The van der Waals surface area contributed by atoms with E-state index in [0.29, 0.717) is 24.3 Å². The van der Waals surface area contributed by atoms with Crippen LogP contribution in [0.3, 0.4) is 0 Å². The Morgan fingerprint density at radius 3 is 1.90 bits per heavy atom. The van der Waals surface area contributed by atoms with Gasteiger partial charge in [0.2, 0.25) is 17.7 Å². The van der Waals surface area contributed by atoms with Gasteiger partial charge in [0.1, 0.15) is 11.8 Å². The SMILES string of the molecule is COc1ccc(N(C)C(=O)C(Cc2ccccc2)NC(=O)CC(C)(C)C(=O)NC(C)Cc2ccccc2)cc1. The lowest BCUT2D eigenvalue weighted by Gasteiger charge is -2.28. The molecule has 0 aliphatic carbocycles. The lowest BCUT2D eigenvalue weighted by atomic mass is 9.87. The highest BCUT2D eigenvalue weighted by Crippen LogP contribution is 2.23. The third-order valence-corrected chi connectivity index (χ3v) is 6.69. The predicted molar refractivity (Wildman–Crippen MR) is 155 cm³/mol. The van der Waals surface area contributed by atoms with Crippen LogP contribution < -0.4 is 20.3 Å². The van der Waals surface area contributed by atoms with Crippen molar-refractivity contribution in [2.45, 2.75) is 52.1 Å². The minimum absolute atomic E-state index is 0.0539. The molecule has 3 rings (SSSR count). The van der Waals surface area contributed by atoms with Crippen LogP contribution in [-0.2, 0) is 27.2 Å². The molecular formula is C32H39N3O4. The van der Waals surface area contributed by atoms with Crippen LogP contribution in [0.25, 0.3) is 0 Å². The molecule has 0 fully saturated rings. The van der Waals surface area contributed by atoms with Crippen LogP contribution in [0.4, 0.5) is 5.69 Å². The molecule has 0 spiro atoms. The molecule has 3 amide bonds. The highest BCUT2D eigenvalue weighted by atomic mass is 16.5. The summed E-state index contributed by atoms with van der Waals surface area (Å²) in [5.74, 6) is -0.130. The van der Waals surface area contributed by atoms with Crippen LogP contribution in [0.5, 0.6) is 5.75 Å². The molecule has 3 aromatic carbocycles. The number of anilines is 1. The minimum atomic E-state index is -0.961. The summed E-state index contributed by atoms with van der Waals surface area (Å²) in [4.78, 5) is 41.4. The quantitative estimate of drug-likeness (QED) is 0.360. The van der Waals surface area contributed by atoms with Crippen molar-refractivity contribution in [3.63, 3.8) is 0 Å². The molecule has 0 radical (unpaired) electrons. The Labute approximate surface area is 231 Å². The van der Waals surface area contributed by atoms with Gasteiger partial charge in [0.25, 0.3) is 0 Å². The predicted octanol–water partition coefficient (Wildman–Crippen LogP) is 4.55. The first kappa shape index (κ1) is 29.4. The number of hydrogen-bond acceptors (Lipinski definition) is 4. The summed E-state index contributed by atoms with van der Waals surface area (Å²) in [5.41, 5.74) is 1.77. The van der Waals surface area contributed by atoms with Crippen molar-refractivity contribution in [2.24, 2.45) is 5.41 Å². The van der Waals surface area contributed by atoms with Crippen molar-refractivity contribution in [3.8, 4) is 5.75 Å². The number of ether oxygens (including phenoxy) is 1. The summed E-state index contributed by atoms with van der Waals surface area (Å²) < 4.78 is 5.21. The van der Waals surface area contributed by atoms with E-state index >= 15 is 0 Å². The van der Waals surface area contributed by atoms with Crippen LogP contribution >= 0.6 is 0 Å². The van der Waals surface area contributed by atoms with Crippen LogP contribution in [0, 0.1) is 5.41 Å². The fourth-order valence-corrected chi connectivity index (χ4v) is 4.38. The molecule has 0 saturated heterocycles. The number of likely N-dealkylation sites (N-methyl/N-ethyl adjacent to an activating group) is 1. The smallest absolute Gasteiger partial charge is 0.249 e.